The number of aliphatic hydroxyl groups is 8. The Bertz CT molecular complexity index is 180. The van der Waals surface area contributed by atoms with Crippen LogP contribution < -0.4 is 0 Å². The Morgan fingerprint density at radius 3 is 0.773 bits per heavy atom. The summed E-state index contributed by atoms with van der Waals surface area (Å²) >= 11 is 0. The summed E-state index contributed by atoms with van der Waals surface area (Å²) < 4.78 is 0. The molecule has 0 radical (unpaired) electrons. The lowest BCUT2D eigenvalue weighted by molar-refractivity contribution is -0.114. The predicted octanol–water partition coefficient (Wildman–Crippen LogP) is -4.20. The van der Waals surface area contributed by atoms with E-state index in [-0.39, 0.29) is 26.4 Å². The summed E-state index contributed by atoms with van der Waals surface area (Å²) in [5.74, 6) is 0. The van der Waals surface area contributed by atoms with E-state index in [9.17, 15) is 9.59 Å². The molecule has 0 saturated carbocycles. The Balaban J connectivity index is -0.0000000986. The summed E-state index contributed by atoms with van der Waals surface area (Å²) in [5, 5.41) is 64.0. The van der Waals surface area contributed by atoms with Crippen molar-refractivity contribution >= 4 is 12.6 Å². The number of rotatable bonds is 6. The standard InChI is InChI=1S/2C3H8O3.2C3H6O2/c2*4-1-3(6)2-5;2*1-3(5)2-4/h2*3-6H,1-2H2;2*2-3,5H,1H3. The molecule has 2 atom stereocenters. The Labute approximate surface area is 128 Å². The first-order chi connectivity index (χ1) is 10.2. The summed E-state index contributed by atoms with van der Waals surface area (Å²) in [6, 6.07) is 0. The van der Waals surface area contributed by atoms with E-state index in [1.54, 1.807) is 0 Å². The highest BCUT2D eigenvalue weighted by Gasteiger charge is 1.94. The lowest BCUT2D eigenvalue weighted by Crippen LogP contribution is -2.15. The van der Waals surface area contributed by atoms with Crippen LogP contribution in [0.2, 0.25) is 0 Å². The fraction of sp³-hybridized carbons (Fsp3) is 0.833. The van der Waals surface area contributed by atoms with Crippen molar-refractivity contribution in [3.63, 3.8) is 0 Å². The second-order valence-corrected chi connectivity index (χ2v) is 3.79. The van der Waals surface area contributed by atoms with Crippen molar-refractivity contribution in [2.45, 2.75) is 38.3 Å². The van der Waals surface area contributed by atoms with Gasteiger partial charge in [0.05, 0.1) is 26.4 Å². The molecule has 22 heavy (non-hydrogen) atoms. The van der Waals surface area contributed by atoms with Gasteiger partial charge in [-0.1, -0.05) is 0 Å². The topological polar surface area (TPSA) is 196 Å². The zero-order valence-corrected chi connectivity index (χ0v) is 12.7. The first-order valence-corrected chi connectivity index (χ1v) is 6.22. The molecule has 0 aromatic rings. The minimum absolute atomic E-state index is 0.365. The Morgan fingerprint density at radius 2 is 0.773 bits per heavy atom. The molecule has 0 aromatic carbocycles. The van der Waals surface area contributed by atoms with Gasteiger partial charge in [-0.15, -0.1) is 0 Å². The number of hydrogen-bond donors (Lipinski definition) is 8. The lowest BCUT2D eigenvalue weighted by Gasteiger charge is -1.96. The molecule has 10 nitrogen and oxygen atoms in total. The van der Waals surface area contributed by atoms with Gasteiger partial charge in [0.25, 0.3) is 0 Å². The Kier molecular flexibility index (Phi) is 33.1. The molecule has 0 aliphatic rings. The monoisotopic (exact) mass is 332 g/mol. The highest BCUT2D eigenvalue weighted by Crippen LogP contribution is 1.72. The molecule has 0 aliphatic carbocycles. The average Bonchev–Trinajstić information content (AvgIpc) is 2.54. The highest BCUT2D eigenvalue weighted by molar-refractivity contribution is 5.54. The third-order valence-corrected chi connectivity index (χ3v) is 1.24. The molecule has 0 aromatic heterocycles. The van der Waals surface area contributed by atoms with Gasteiger partial charge in [0.15, 0.2) is 0 Å². The van der Waals surface area contributed by atoms with Gasteiger partial charge in [-0.25, -0.2) is 0 Å². The fourth-order valence-electron chi connectivity index (χ4n) is 0.115. The zero-order chi connectivity index (χ0) is 18.6. The van der Waals surface area contributed by atoms with Crippen LogP contribution >= 0.6 is 0 Å². The van der Waals surface area contributed by atoms with Crippen molar-refractivity contribution in [3.8, 4) is 0 Å². The first kappa shape index (κ1) is 29.1. The minimum Gasteiger partial charge on any atom is -0.394 e. The van der Waals surface area contributed by atoms with Crippen LogP contribution in [0, 0.1) is 0 Å². The minimum atomic E-state index is -0.954. The van der Waals surface area contributed by atoms with Crippen molar-refractivity contribution in [3.05, 3.63) is 0 Å². The van der Waals surface area contributed by atoms with Gasteiger partial charge in [0.2, 0.25) is 0 Å². The molecule has 0 amide bonds. The van der Waals surface area contributed by atoms with E-state index in [2.05, 4.69) is 0 Å². The van der Waals surface area contributed by atoms with Crippen LogP contribution in [0.4, 0.5) is 0 Å². The molecule has 0 spiro atoms. The van der Waals surface area contributed by atoms with E-state index >= 15 is 0 Å². The molecule has 136 valence electrons. The molecule has 0 rings (SSSR count). The van der Waals surface area contributed by atoms with Crippen LogP contribution in [0.15, 0.2) is 0 Å². The van der Waals surface area contributed by atoms with Crippen molar-refractivity contribution < 1.29 is 50.4 Å². The van der Waals surface area contributed by atoms with E-state index in [0.29, 0.717) is 12.6 Å². The van der Waals surface area contributed by atoms with Gasteiger partial charge in [0, 0.05) is 0 Å². The van der Waals surface area contributed by atoms with Gasteiger partial charge in [-0.05, 0) is 13.8 Å². The van der Waals surface area contributed by atoms with Crippen molar-refractivity contribution in [2.24, 2.45) is 0 Å². The number of hydrogen-bond acceptors (Lipinski definition) is 10. The largest absolute Gasteiger partial charge is 0.394 e. The third kappa shape index (κ3) is 50.9. The molecular weight excluding hydrogens is 304 g/mol. The maximum atomic E-state index is 9.25. The summed E-state index contributed by atoms with van der Waals surface area (Å²) in [4.78, 5) is 18.5. The molecule has 0 bridgehead atoms. The van der Waals surface area contributed by atoms with E-state index in [4.69, 9.17) is 40.9 Å². The molecule has 8 N–H and O–H groups in total. The van der Waals surface area contributed by atoms with E-state index < -0.39 is 24.4 Å². The van der Waals surface area contributed by atoms with Crippen molar-refractivity contribution in [1.29, 1.82) is 0 Å². The van der Waals surface area contributed by atoms with Crippen LogP contribution in [0.25, 0.3) is 0 Å². The van der Waals surface area contributed by atoms with Gasteiger partial charge in [0.1, 0.15) is 37.0 Å². The van der Waals surface area contributed by atoms with Crippen LogP contribution in [0.5, 0.6) is 0 Å². The second-order valence-electron chi connectivity index (χ2n) is 3.79. The quantitative estimate of drug-likeness (QED) is 0.221. The fourth-order valence-corrected chi connectivity index (χ4v) is 0.115. The van der Waals surface area contributed by atoms with Crippen molar-refractivity contribution in [2.75, 3.05) is 26.4 Å². The maximum Gasteiger partial charge on any atom is 0.148 e. The van der Waals surface area contributed by atoms with Crippen LogP contribution in [-0.2, 0) is 9.59 Å². The van der Waals surface area contributed by atoms with Crippen LogP contribution in [0.3, 0.4) is 0 Å². The zero-order valence-electron chi connectivity index (χ0n) is 12.7. The van der Waals surface area contributed by atoms with Gasteiger partial charge >= 0.3 is 0 Å². The van der Waals surface area contributed by atoms with Gasteiger partial charge in [-0.3, -0.25) is 0 Å². The predicted molar refractivity (Wildman–Crippen MR) is 75.8 cm³/mol. The van der Waals surface area contributed by atoms with Gasteiger partial charge in [-0.2, -0.15) is 0 Å². The summed E-state index contributed by atoms with van der Waals surface area (Å²) in [6.07, 6.45) is -2.56. The number of aldehydes is 2. The Hall–Kier alpha value is -0.980. The Morgan fingerprint density at radius 1 is 0.636 bits per heavy atom. The molecule has 0 heterocycles. The smallest absolute Gasteiger partial charge is 0.148 e. The molecule has 0 aliphatic heterocycles. The normalized spacial score (nSPS) is 11.8. The van der Waals surface area contributed by atoms with E-state index in [1.165, 1.54) is 13.8 Å². The second kappa shape index (κ2) is 25.0. The summed E-state index contributed by atoms with van der Waals surface area (Å²) in [7, 11) is 0. The summed E-state index contributed by atoms with van der Waals surface area (Å²) in [6.45, 7) is 1.36. The highest BCUT2D eigenvalue weighted by atomic mass is 16.4. The number of aliphatic hydroxyl groups excluding tert-OH is 8. The lowest BCUT2D eigenvalue weighted by atomic mass is 10.4. The van der Waals surface area contributed by atoms with Gasteiger partial charge < -0.3 is 50.4 Å². The molecule has 10 heteroatoms. The number of carbonyl (C=O) groups is 2. The maximum absolute atomic E-state index is 9.25. The van der Waals surface area contributed by atoms with Crippen LogP contribution in [0.1, 0.15) is 13.8 Å². The molecule has 2 unspecified atom stereocenters. The van der Waals surface area contributed by atoms with Crippen LogP contribution in [-0.4, -0.2) is 104 Å². The first-order valence-electron chi connectivity index (χ1n) is 6.22. The molecule has 0 fully saturated rings. The third-order valence-electron chi connectivity index (χ3n) is 1.24. The van der Waals surface area contributed by atoms with E-state index in [1.807, 2.05) is 0 Å². The van der Waals surface area contributed by atoms with E-state index in [0.717, 1.165) is 0 Å². The summed E-state index contributed by atoms with van der Waals surface area (Å²) in [5.41, 5.74) is 0. The molecular formula is C12H28O10. The molecule has 0 saturated heterocycles. The number of carbonyl (C=O) groups excluding carboxylic acids is 2. The van der Waals surface area contributed by atoms with Crippen molar-refractivity contribution in [1.82, 2.24) is 0 Å². The SMILES string of the molecule is CC(O)C=O.CC(O)C=O.OCC(O)CO.OCC(O)CO. The average molecular weight is 332 g/mol.